The average molecular weight is 445 g/mol. The summed E-state index contributed by atoms with van der Waals surface area (Å²) in [4.78, 5) is 35.8. The van der Waals surface area contributed by atoms with Crippen molar-refractivity contribution in [2.45, 2.75) is 25.7 Å². The molecule has 8 nitrogen and oxygen atoms in total. The zero-order valence-electron chi connectivity index (χ0n) is 16.1. The molecule has 0 saturated carbocycles. The van der Waals surface area contributed by atoms with Crippen LogP contribution >= 0.6 is 11.6 Å². The molecule has 0 bridgehead atoms. The van der Waals surface area contributed by atoms with Crippen molar-refractivity contribution in [1.82, 2.24) is 19.4 Å². The Kier molecular flexibility index (Phi) is 6.32. The van der Waals surface area contributed by atoms with Crippen LogP contribution in [0.15, 0.2) is 29.5 Å². The van der Waals surface area contributed by atoms with Crippen LogP contribution in [0, 0.1) is 0 Å². The topological polar surface area (TPSA) is 97.3 Å². The van der Waals surface area contributed by atoms with E-state index >= 15 is 0 Å². The number of nitrogens with two attached hydrogens (primary N) is 1. The molecule has 1 unspecified atom stereocenters. The van der Waals surface area contributed by atoms with Gasteiger partial charge in [-0.3, -0.25) is 9.59 Å². The Morgan fingerprint density at radius 2 is 1.83 bits per heavy atom. The molecular weight excluding hydrogens is 425 g/mol. The number of amides is 1. The number of rotatable bonds is 4. The van der Waals surface area contributed by atoms with Crippen LogP contribution in [0.5, 0.6) is 0 Å². The Balaban J connectivity index is 1.68. The number of carbonyl (C=O) groups excluding carboxylic acids is 1. The smallest absolute Gasteiger partial charge is 0.337 e. The van der Waals surface area contributed by atoms with E-state index in [-0.39, 0.29) is 35.0 Å². The summed E-state index contributed by atoms with van der Waals surface area (Å²) in [6.45, 7) is 3.28. The van der Waals surface area contributed by atoms with Gasteiger partial charge in [0.05, 0.1) is 11.1 Å². The van der Waals surface area contributed by atoms with Crippen molar-refractivity contribution in [1.29, 1.82) is 0 Å². The summed E-state index contributed by atoms with van der Waals surface area (Å²) in [5.41, 5.74) is 4.66. The lowest BCUT2D eigenvalue weighted by Gasteiger charge is -2.34. The number of aromatic nitrogens is 3. The Morgan fingerprint density at radius 1 is 1.23 bits per heavy atom. The Hall–Kier alpha value is -2.66. The third-order valence-corrected chi connectivity index (χ3v) is 4.86. The van der Waals surface area contributed by atoms with Gasteiger partial charge in [-0.15, -0.1) is 0 Å². The SMILES string of the molecule is CC(N)Cn1cc(C(=O)N2CCN(c3ncc(C(F)(F)F)cn3)CC2)cc(Cl)c1=O. The first-order valence-electron chi connectivity index (χ1n) is 9.15. The molecule has 1 amide bonds. The van der Waals surface area contributed by atoms with Gasteiger partial charge >= 0.3 is 6.18 Å². The van der Waals surface area contributed by atoms with Crippen molar-refractivity contribution in [2.24, 2.45) is 5.73 Å². The molecule has 1 aliphatic heterocycles. The van der Waals surface area contributed by atoms with Crippen molar-refractivity contribution in [3.63, 3.8) is 0 Å². The molecule has 1 aliphatic rings. The van der Waals surface area contributed by atoms with Gasteiger partial charge in [-0.25, -0.2) is 9.97 Å². The highest BCUT2D eigenvalue weighted by Gasteiger charge is 2.32. The average Bonchev–Trinajstić information content (AvgIpc) is 2.70. The van der Waals surface area contributed by atoms with E-state index in [1.54, 1.807) is 16.7 Å². The van der Waals surface area contributed by atoms with Gasteiger partial charge in [0.1, 0.15) is 5.02 Å². The van der Waals surface area contributed by atoms with Crippen molar-refractivity contribution in [2.75, 3.05) is 31.1 Å². The first-order valence-corrected chi connectivity index (χ1v) is 9.53. The Labute approximate surface area is 175 Å². The lowest BCUT2D eigenvalue weighted by Crippen LogP contribution is -2.49. The maximum absolute atomic E-state index is 12.8. The molecule has 1 saturated heterocycles. The number of carbonyl (C=O) groups is 1. The molecule has 0 aliphatic carbocycles. The second-order valence-electron chi connectivity index (χ2n) is 7.06. The molecule has 162 valence electrons. The van der Waals surface area contributed by atoms with Gasteiger partial charge in [0, 0.05) is 57.4 Å². The van der Waals surface area contributed by atoms with Gasteiger partial charge in [0.25, 0.3) is 11.5 Å². The van der Waals surface area contributed by atoms with Crippen molar-refractivity contribution in [3.8, 4) is 0 Å². The highest BCUT2D eigenvalue weighted by atomic mass is 35.5. The standard InChI is InChI=1S/C18H20ClF3N6O2/c1-11(23)9-28-10-12(6-14(19)16(28)30)15(29)26-2-4-27(5-3-26)17-24-7-13(8-25-17)18(20,21)22/h6-8,10-11H,2-5,9,23H2,1H3. The summed E-state index contributed by atoms with van der Waals surface area (Å²) < 4.78 is 39.2. The van der Waals surface area contributed by atoms with Crippen molar-refractivity contribution < 1.29 is 18.0 Å². The van der Waals surface area contributed by atoms with E-state index in [1.807, 2.05) is 0 Å². The molecule has 0 radical (unpaired) electrons. The third-order valence-electron chi connectivity index (χ3n) is 4.59. The number of hydrogen-bond donors (Lipinski definition) is 1. The molecule has 1 atom stereocenters. The van der Waals surface area contributed by atoms with Gasteiger partial charge in [0.15, 0.2) is 0 Å². The summed E-state index contributed by atoms with van der Waals surface area (Å²) in [5, 5.41) is -0.0710. The zero-order valence-corrected chi connectivity index (χ0v) is 16.8. The second-order valence-corrected chi connectivity index (χ2v) is 7.47. The first-order chi connectivity index (χ1) is 14.1. The van der Waals surface area contributed by atoms with Crippen LogP contribution in [-0.2, 0) is 12.7 Å². The molecule has 30 heavy (non-hydrogen) atoms. The molecular formula is C18H20ClF3N6O2. The van der Waals surface area contributed by atoms with Crippen LogP contribution in [0.3, 0.4) is 0 Å². The summed E-state index contributed by atoms with van der Waals surface area (Å²) in [6, 6.07) is 1.03. The van der Waals surface area contributed by atoms with E-state index in [0.29, 0.717) is 26.2 Å². The number of anilines is 1. The van der Waals surface area contributed by atoms with Crippen LogP contribution in [0.4, 0.5) is 19.1 Å². The monoisotopic (exact) mass is 444 g/mol. The number of halogens is 4. The van der Waals surface area contributed by atoms with Crippen molar-refractivity contribution >= 4 is 23.5 Å². The summed E-state index contributed by atoms with van der Waals surface area (Å²) in [6.07, 6.45) is -1.58. The van der Waals surface area contributed by atoms with Crippen molar-refractivity contribution in [3.05, 3.63) is 51.2 Å². The number of hydrogen-bond acceptors (Lipinski definition) is 6. The van der Waals surface area contributed by atoms with Gasteiger partial charge in [0.2, 0.25) is 5.95 Å². The second kappa shape index (κ2) is 8.60. The summed E-state index contributed by atoms with van der Waals surface area (Å²) in [5.74, 6) is -0.132. The highest BCUT2D eigenvalue weighted by Crippen LogP contribution is 2.28. The number of pyridine rings is 1. The molecule has 1 fully saturated rings. The molecule has 2 aromatic heterocycles. The summed E-state index contributed by atoms with van der Waals surface area (Å²) >= 11 is 5.98. The number of nitrogens with zero attached hydrogens (tertiary/aromatic N) is 5. The minimum atomic E-state index is -4.50. The largest absolute Gasteiger partial charge is 0.419 e. The fraction of sp³-hybridized carbons (Fsp3) is 0.444. The first kappa shape index (κ1) is 22.0. The summed E-state index contributed by atoms with van der Waals surface area (Å²) in [7, 11) is 0. The predicted octanol–water partition coefficient (Wildman–Crippen LogP) is 1.62. The quantitative estimate of drug-likeness (QED) is 0.769. The van der Waals surface area contributed by atoms with Crippen LogP contribution < -0.4 is 16.2 Å². The molecule has 12 heteroatoms. The minimum Gasteiger partial charge on any atom is -0.337 e. The molecule has 3 rings (SSSR count). The van der Waals surface area contributed by atoms with E-state index in [2.05, 4.69) is 9.97 Å². The van der Waals surface area contributed by atoms with E-state index in [0.717, 1.165) is 12.4 Å². The normalized spacial score (nSPS) is 15.9. The number of piperazine rings is 1. The highest BCUT2D eigenvalue weighted by molar-refractivity contribution is 6.30. The van der Waals surface area contributed by atoms with E-state index < -0.39 is 17.3 Å². The molecule has 2 aromatic rings. The third kappa shape index (κ3) is 4.90. The van der Waals surface area contributed by atoms with Gasteiger partial charge in [-0.1, -0.05) is 11.6 Å². The van der Waals surface area contributed by atoms with E-state index in [9.17, 15) is 22.8 Å². The zero-order chi connectivity index (χ0) is 22.1. The van der Waals surface area contributed by atoms with Gasteiger partial charge < -0.3 is 20.1 Å². The Bertz CT molecular complexity index is 969. The molecule has 0 aromatic carbocycles. The van der Waals surface area contributed by atoms with Gasteiger partial charge in [-0.2, -0.15) is 13.2 Å². The van der Waals surface area contributed by atoms with E-state index in [4.69, 9.17) is 17.3 Å². The maximum atomic E-state index is 12.8. The maximum Gasteiger partial charge on any atom is 0.419 e. The van der Waals surface area contributed by atoms with Crippen LogP contribution in [0.25, 0.3) is 0 Å². The minimum absolute atomic E-state index is 0.0710. The molecule has 3 heterocycles. The lowest BCUT2D eigenvalue weighted by atomic mass is 10.2. The predicted molar refractivity (Wildman–Crippen MR) is 105 cm³/mol. The fourth-order valence-corrected chi connectivity index (χ4v) is 3.31. The fourth-order valence-electron chi connectivity index (χ4n) is 3.09. The number of alkyl halides is 3. The molecule has 0 spiro atoms. The van der Waals surface area contributed by atoms with Gasteiger partial charge in [-0.05, 0) is 13.0 Å². The van der Waals surface area contributed by atoms with Crippen LogP contribution in [0.2, 0.25) is 5.02 Å². The van der Waals surface area contributed by atoms with Crippen LogP contribution in [-0.4, -0.2) is 57.6 Å². The lowest BCUT2D eigenvalue weighted by molar-refractivity contribution is -0.138. The Morgan fingerprint density at radius 3 is 2.37 bits per heavy atom. The molecule has 2 N–H and O–H groups in total. The van der Waals surface area contributed by atoms with E-state index in [1.165, 1.54) is 16.8 Å². The van der Waals surface area contributed by atoms with Crippen LogP contribution in [0.1, 0.15) is 22.8 Å².